The molecule has 3 fully saturated rings. The monoisotopic (exact) mass is 1470 g/mol. The number of benzene rings is 3. The Bertz CT molecular complexity index is 3530. The summed E-state index contributed by atoms with van der Waals surface area (Å²) < 4.78 is 48.9. The smallest absolute Gasteiger partial charge is 0.417 e. The largest absolute Gasteiger partial charge is 0.444 e. The molecule has 2 unspecified atom stereocenters. The Hall–Kier alpha value is -6.69. The van der Waals surface area contributed by atoms with Crippen molar-refractivity contribution in [2.75, 3.05) is 66.2 Å². The summed E-state index contributed by atoms with van der Waals surface area (Å²) in [5.74, 6) is -0.649. The summed E-state index contributed by atoms with van der Waals surface area (Å²) in [6.07, 6.45) is 10.2. The van der Waals surface area contributed by atoms with E-state index >= 15 is 0 Å². The van der Waals surface area contributed by atoms with Gasteiger partial charge in [-0.3, -0.25) is 19.4 Å². The van der Waals surface area contributed by atoms with Gasteiger partial charge in [-0.05, 0) is 159 Å². The number of halogens is 6. The topological polar surface area (TPSA) is 250 Å². The van der Waals surface area contributed by atoms with Crippen LogP contribution >= 0.6 is 58.2 Å². The number of aliphatic hydroxyl groups is 3. The third-order valence-electron chi connectivity index (χ3n) is 15.7. The van der Waals surface area contributed by atoms with Crippen LogP contribution in [0.15, 0.2) is 85.3 Å². The van der Waals surface area contributed by atoms with Crippen molar-refractivity contribution in [3.05, 3.63) is 128 Å². The van der Waals surface area contributed by atoms with Crippen LogP contribution in [0, 0.1) is 15.2 Å². The third kappa shape index (κ3) is 21.4. The lowest BCUT2D eigenvalue weighted by Crippen LogP contribution is -2.42. The average Bonchev–Trinajstić information content (AvgIpc) is 1.66. The molecule has 93 heavy (non-hydrogen) atoms. The number of nitrogens with one attached hydrogen (secondary N) is 2. The standard InChI is InChI=1S/C18H21ClFN5O2.C16H26N4O3.C13H9ClFNO2.C11H16IN3O2.C6H12O.ClH/c1-18(27)4-5-24(11-18)15-9-21-25-7-6-23(10-16(15)25)17(26)22-12-2-3-14(20)13(19)8-12;1-15(2,3)23-14(21)18-7-8-20-13(10-18)12(9-17-20)19-6-5-16(4,22)11-19;14-11-8-9(6-7-12(11)15)16-13(17)18-10-4-2-1-3-5-10;1-11(2,3)17-10(16)14-4-5-15-9(7-14)8(12)6-13-15;1-6(7)4-2-3-5-6;/h2-3,8-9,27H,4-7,10-11H2,1H3,(H,22,26);9,22H,5-8,10-11H2,1-4H3;1-8H,(H,16,17);6H,4-5,7H2,1-3H3;7H,2-5H2,1H3;1H. The maximum Gasteiger partial charge on any atom is 0.417 e. The highest BCUT2D eigenvalue weighted by Crippen LogP contribution is 2.34. The molecule has 12 rings (SSSR count). The summed E-state index contributed by atoms with van der Waals surface area (Å²) in [6.45, 7) is 24.8. The van der Waals surface area contributed by atoms with Crippen LogP contribution < -0.4 is 25.2 Å². The Morgan fingerprint density at radius 3 is 1.40 bits per heavy atom. The highest BCUT2D eigenvalue weighted by atomic mass is 127. The van der Waals surface area contributed by atoms with Crippen LogP contribution in [0.5, 0.6) is 5.75 Å². The van der Waals surface area contributed by atoms with Crippen LogP contribution in [0.2, 0.25) is 10.0 Å². The van der Waals surface area contributed by atoms with Crippen LogP contribution in [0.25, 0.3) is 0 Å². The quantitative estimate of drug-likeness (QED) is 0.101. The molecule has 6 aromatic rings. The molecular formula is C64H85Cl3F2IN13O10. The summed E-state index contributed by atoms with van der Waals surface area (Å²) in [5, 5.41) is 47.8. The lowest BCUT2D eigenvalue weighted by molar-refractivity contribution is 0.0184. The van der Waals surface area contributed by atoms with E-state index in [2.05, 4.69) is 58.3 Å². The van der Waals surface area contributed by atoms with Crippen molar-refractivity contribution in [1.82, 2.24) is 44.0 Å². The number of anilines is 4. The van der Waals surface area contributed by atoms with Crippen molar-refractivity contribution < 1.29 is 57.5 Å². The predicted molar refractivity (Wildman–Crippen MR) is 362 cm³/mol. The molecule has 5 N–H and O–H groups in total. The number of hydrogen-bond donors (Lipinski definition) is 5. The summed E-state index contributed by atoms with van der Waals surface area (Å²) in [6, 6.07) is 16.3. The average molecular weight is 1470 g/mol. The molecule has 0 bridgehead atoms. The minimum Gasteiger partial charge on any atom is -0.444 e. The van der Waals surface area contributed by atoms with Gasteiger partial charge in [0, 0.05) is 57.2 Å². The molecule has 1 aliphatic carbocycles. The number of carbonyl (C=O) groups is 4. The van der Waals surface area contributed by atoms with Crippen LogP contribution in [0.1, 0.15) is 118 Å². The van der Waals surface area contributed by atoms with Gasteiger partial charge < -0.3 is 59.3 Å². The van der Waals surface area contributed by atoms with Crippen LogP contribution in [-0.2, 0) is 48.7 Å². The van der Waals surface area contributed by atoms with Crippen molar-refractivity contribution in [2.24, 2.45) is 0 Å². The van der Waals surface area contributed by atoms with Gasteiger partial charge in [0.2, 0.25) is 0 Å². The fraction of sp³-hybridized carbons (Fsp3) is 0.516. The first-order chi connectivity index (χ1) is 43.2. The van der Waals surface area contributed by atoms with Crippen molar-refractivity contribution >= 4 is 105 Å². The summed E-state index contributed by atoms with van der Waals surface area (Å²) >= 11 is 13.6. The van der Waals surface area contributed by atoms with Gasteiger partial charge in [-0.1, -0.05) is 54.2 Å². The molecule has 2 atom stereocenters. The second kappa shape index (κ2) is 31.2. The summed E-state index contributed by atoms with van der Waals surface area (Å²) in [4.78, 5) is 57.8. The zero-order valence-electron chi connectivity index (χ0n) is 53.9. The van der Waals surface area contributed by atoms with E-state index in [4.69, 9.17) is 37.4 Å². The van der Waals surface area contributed by atoms with Gasteiger partial charge in [0.25, 0.3) is 0 Å². The number of rotatable bonds is 5. The second-order valence-corrected chi connectivity index (χ2v) is 28.3. The number of carbonyl (C=O) groups excluding carboxylic acids is 4. The number of aromatic nitrogens is 6. The molecule has 3 aromatic heterocycles. The molecule has 23 nitrogen and oxygen atoms in total. The van der Waals surface area contributed by atoms with Crippen LogP contribution in [0.3, 0.4) is 0 Å². The highest BCUT2D eigenvalue weighted by Gasteiger charge is 2.37. The molecular weight excluding hydrogens is 1380 g/mol. The first-order valence-electron chi connectivity index (χ1n) is 30.6. The molecule has 5 amide bonds. The zero-order valence-corrected chi connectivity index (χ0v) is 58.4. The molecule has 5 aliphatic heterocycles. The highest BCUT2D eigenvalue weighted by molar-refractivity contribution is 14.1. The normalized spacial score (nSPS) is 19.4. The number of fused-ring (bicyclic) bond motifs is 3. The number of hydrogen-bond acceptors (Lipinski definition) is 15. The predicted octanol–water partition coefficient (Wildman–Crippen LogP) is 12.3. The maximum atomic E-state index is 13.3. The molecule has 1 saturated carbocycles. The first kappa shape index (κ1) is 73.7. The van der Waals surface area contributed by atoms with Gasteiger partial charge in [0.15, 0.2) is 0 Å². The Morgan fingerprint density at radius 2 is 0.978 bits per heavy atom. The summed E-state index contributed by atoms with van der Waals surface area (Å²) in [7, 11) is 0. The molecule has 508 valence electrons. The molecule has 29 heteroatoms. The molecule has 2 saturated heterocycles. The fourth-order valence-electron chi connectivity index (χ4n) is 10.9. The minimum atomic E-state index is -0.706. The van der Waals surface area contributed by atoms with Gasteiger partial charge in [0.1, 0.15) is 28.6 Å². The van der Waals surface area contributed by atoms with Crippen molar-refractivity contribution in [1.29, 1.82) is 0 Å². The Balaban J connectivity index is 0.000000171. The zero-order chi connectivity index (χ0) is 66.9. The SMILES string of the molecule is CC(C)(C)OC(=O)N1CCn2ncc(I)c2C1.CC1(O)CCCC1.CC1(O)CCN(c2cnn3c2CN(C(=O)Nc2ccc(F)c(Cl)c2)CC3)C1.CC1(O)CCN(c2cnn3c2CN(C(=O)OC(C)(C)C)CC3)C1.Cl.O=C(Nc1ccc(F)c(Cl)c1)Oc1ccccc1. The maximum absolute atomic E-state index is 13.3. The Kier molecular flexibility index (Phi) is 24.8. The van der Waals surface area contributed by atoms with Gasteiger partial charge in [-0.25, -0.2) is 28.0 Å². The van der Waals surface area contributed by atoms with Crippen molar-refractivity contribution in [3.63, 3.8) is 0 Å². The van der Waals surface area contributed by atoms with Gasteiger partial charge in [0.05, 0.1) is 117 Å². The van der Waals surface area contributed by atoms with E-state index in [1.807, 2.05) is 94.8 Å². The Morgan fingerprint density at radius 1 is 0.559 bits per heavy atom. The number of urea groups is 1. The lowest BCUT2D eigenvalue weighted by Gasteiger charge is -2.31. The lowest BCUT2D eigenvalue weighted by atomic mass is 10.1. The number of para-hydroxylation sites is 1. The molecule has 0 radical (unpaired) electrons. The minimum absolute atomic E-state index is 0. The van der Waals surface area contributed by atoms with E-state index in [1.54, 1.807) is 45.2 Å². The number of β-amino-alcohol motifs (C(OH)–C–C–N with tert-alkyl or cyclic N) is 2. The van der Waals surface area contributed by atoms with E-state index in [-0.39, 0.29) is 46.3 Å². The summed E-state index contributed by atoms with van der Waals surface area (Å²) in [5.41, 5.74) is 3.22. The fourth-order valence-corrected chi connectivity index (χ4v) is 11.8. The number of amides is 5. The van der Waals surface area contributed by atoms with E-state index < -0.39 is 40.1 Å². The molecule has 8 heterocycles. The van der Waals surface area contributed by atoms with E-state index in [0.717, 1.165) is 70.9 Å². The first-order valence-corrected chi connectivity index (χ1v) is 32.5. The molecule has 0 spiro atoms. The van der Waals surface area contributed by atoms with Gasteiger partial charge in [-0.15, -0.1) is 12.4 Å². The van der Waals surface area contributed by atoms with Crippen LogP contribution in [0.4, 0.5) is 50.7 Å². The van der Waals surface area contributed by atoms with E-state index in [9.17, 15) is 43.3 Å². The van der Waals surface area contributed by atoms with E-state index in [1.165, 1.54) is 49.2 Å². The van der Waals surface area contributed by atoms with Crippen LogP contribution in [-0.4, -0.2) is 157 Å². The van der Waals surface area contributed by atoms with E-state index in [0.29, 0.717) is 89.0 Å². The number of ether oxygens (including phenoxy) is 3. The van der Waals surface area contributed by atoms with Crippen molar-refractivity contribution in [3.8, 4) is 5.75 Å². The van der Waals surface area contributed by atoms with Gasteiger partial charge >= 0.3 is 24.3 Å². The van der Waals surface area contributed by atoms with Gasteiger partial charge in [-0.2, -0.15) is 15.3 Å². The van der Waals surface area contributed by atoms with Crippen molar-refractivity contribution in [2.45, 2.75) is 168 Å². The number of nitrogens with zero attached hydrogens (tertiary/aromatic N) is 11. The Labute approximate surface area is 571 Å². The second-order valence-electron chi connectivity index (χ2n) is 26.3. The third-order valence-corrected chi connectivity index (χ3v) is 17.1. The molecule has 6 aliphatic rings. The molecule has 3 aromatic carbocycles.